The molecule has 2 amide bonds. The molecule has 6 heteroatoms. The fourth-order valence-electron chi connectivity index (χ4n) is 4.09. The van der Waals surface area contributed by atoms with E-state index in [1.54, 1.807) is 11.0 Å². The van der Waals surface area contributed by atoms with Crippen molar-refractivity contribution in [3.8, 4) is 0 Å². The second kappa shape index (κ2) is 7.70. The SMILES string of the molecule is CC(C)C(C(=O)NCCc1c[nH]c2ccc(F)cc12)N1Cc2ccccc2C1=O. The van der Waals surface area contributed by atoms with Gasteiger partial charge in [0.05, 0.1) is 0 Å². The van der Waals surface area contributed by atoms with Gasteiger partial charge in [-0.15, -0.1) is 0 Å². The highest BCUT2D eigenvalue weighted by atomic mass is 19.1. The standard InChI is InChI=1S/C23H24FN3O2/c1-14(2)21(27-13-16-5-3-4-6-18(16)23(27)29)22(28)25-10-9-15-12-26-20-8-7-17(24)11-19(15)20/h3-8,11-12,14,21,26H,9-10,13H2,1-2H3,(H,25,28). The number of amides is 2. The summed E-state index contributed by atoms with van der Waals surface area (Å²) >= 11 is 0. The van der Waals surface area contributed by atoms with E-state index in [2.05, 4.69) is 10.3 Å². The first kappa shape index (κ1) is 19.2. The average molecular weight is 393 g/mol. The molecule has 4 rings (SSSR count). The Morgan fingerprint density at radius 1 is 1.24 bits per heavy atom. The van der Waals surface area contributed by atoms with E-state index in [0.717, 1.165) is 22.0 Å². The molecule has 2 heterocycles. The molecule has 29 heavy (non-hydrogen) atoms. The second-order valence-corrected chi connectivity index (χ2v) is 7.82. The topological polar surface area (TPSA) is 65.2 Å². The number of aromatic amines is 1. The Balaban J connectivity index is 1.43. The summed E-state index contributed by atoms with van der Waals surface area (Å²) in [6, 6.07) is 11.6. The molecule has 0 saturated carbocycles. The molecule has 0 radical (unpaired) electrons. The van der Waals surface area contributed by atoms with Crippen LogP contribution in [0.4, 0.5) is 4.39 Å². The number of carbonyl (C=O) groups is 2. The van der Waals surface area contributed by atoms with Crippen molar-refractivity contribution in [2.24, 2.45) is 5.92 Å². The second-order valence-electron chi connectivity index (χ2n) is 7.82. The number of benzene rings is 2. The summed E-state index contributed by atoms with van der Waals surface area (Å²) in [5.74, 6) is -0.557. The van der Waals surface area contributed by atoms with Crippen molar-refractivity contribution in [2.45, 2.75) is 32.9 Å². The van der Waals surface area contributed by atoms with E-state index in [4.69, 9.17) is 0 Å². The number of nitrogens with one attached hydrogen (secondary N) is 2. The third-order valence-electron chi connectivity index (χ3n) is 5.51. The van der Waals surface area contributed by atoms with Crippen LogP contribution in [0.2, 0.25) is 0 Å². The molecule has 3 aromatic rings. The van der Waals surface area contributed by atoms with Gasteiger partial charge in [0.2, 0.25) is 5.91 Å². The van der Waals surface area contributed by atoms with Gasteiger partial charge < -0.3 is 15.2 Å². The minimum absolute atomic E-state index is 0.0181. The molecule has 2 N–H and O–H groups in total. The van der Waals surface area contributed by atoms with Crippen LogP contribution in [0.3, 0.4) is 0 Å². The lowest BCUT2D eigenvalue weighted by Crippen LogP contribution is -2.50. The lowest BCUT2D eigenvalue weighted by Gasteiger charge is -2.30. The quantitative estimate of drug-likeness (QED) is 0.671. The van der Waals surface area contributed by atoms with Crippen LogP contribution in [0.25, 0.3) is 10.9 Å². The van der Waals surface area contributed by atoms with Crippen molar-refractivity contribution in [3.05, 3.63) is 71.2 Å². The molecule has 1 unspecified atom stereocenters. The zero-order valence-electron chi connectivity index (χ0n) is 16.5. The molecule has 1 aliphatic rings. The van der Waals surface area contributed by atoms with Gasteiger partial charge in [-0.1, -0.05) is 32.0 Å². The van der Waals surface area contributed by atoms with Crippen LogP contribution in [0, 0.1) is 11.7 Å². The maximum absolute atomic E-state index is 13.5. The molecule has 0 saturated heterocycles. The minimum atomic E-state index is -0.532. The summed E-state index contributed by atoms with van der Waals surface area (Å²) in [7, 11) is 0. The van der Waals surface area contributed by atoms with Crippen molar-refractivity contribution >= 4 is 22.7 Å². The number of halogens is 1. The van der Waals surface area contributed by atoms with Crippen LogP contribution in [0.5, 0.6) is 0 Å². The van der Waals surface area contributed by atoms with Crippen LogP contribution in [0.15, 0.2) is 48.7 Å². The largest absolute Gasteiger partial charge is 0.361 e. The summed E-state index contributed by atoms with van der Waals surface area (Å²) in [6.45, 7) is 4.76. The van der Waals surface area contributed by atoms with Gasteiger partial charge in [0.25, 0.3) is 5.91 Å². The maximum atomic E-state index is 13.5. The first-order valence-corrected chi connectivity index (χ1v) is 9.88. The smallest absolute Gasteiger partial charge is 0.255 e. The first-order chi connectivity index (χ1) is 14.0. The van der Waals surface area contributed by atoms with Crippen molar-refractivity contribution in [1.82, 2.24) is 15.2 Å². The van der Waals surface area contributed by atoms with E-state index in [0.29, 0.717) is 25.1 Å². The lowest BCUT2D eigenvalue weighted by atomic mass is 10.0. The van der Waals surface area contributed by atoms with Crippen LogP contribution >= 0.6 is 0 Å². The van der Waals surface area contributed by atoms with Gasteiger partial charge in [-0.2, -0.15) is 0 Å². The zero-order valence-corrected chi connectivity index (χ0v) is 16.5. The highest BCUT2D eigenvalue weighted by molar-refractivity contribution is 6.01. The van der Waals surface area contributed by atoms with Crippen molar-refractivity contribution in [2.75, 3.05) is 6.54 Å². The summed E-state index contributed by atoms with van der Waals surface area (Å²) in [5.41, 5.74) is 3.45. The number of hydrogen-bond donors (Lipinski definition) is 2. The van der Waals surface area contributed by atoms with Gasteiger partial charge in [-0.3, -0.25) is 9.59 Å². The Morgan fingerprint density at radius 2 is 2.03 bits per heavy atom. The van der Waals surface area contributed by atoms with Crippen molar-refractivity contribution < 1.29 is 14.0 Å². The van der Waals surface area contributed by atoms with Crippen LogP contribution in [0.1, 0.15) is 35.3 Å². The highest BCUT2D eigenvalue weighted by Crippen LogP contribution is 2.27. The first-order valence-electron chi connectivity index (χ1n) is 9.88. The Labute approximate surface area is 168 Å². The Bertz CT molecular complexity index is 1070. The third kappa shape index (κ3) is 3.62. The fourth-order valence-corrected chi connectivity index (χ4v) is 4.09. The predicted octanol–water partition coefficient (Wildman–Crippen LogP) is 3.65. The molecule has 5 nitrogen and oxygen atoms in total. The summed E-state index contributed by atoms with van der Waals surface area (Å²) in [6.07, 6.45) is 2.42. The average Bonchev–Trinajstić information content (AvgIpc) is 3.23. The van der Waals surface area contributed by atoms with Gasteiger partial charge in [0, 0.05) is 35.8 Å². The van der Waals surface area contributed by atoms with Crippen LogP contribution < -0.4 is 5.32 Å². The van der Waals surface area contributed by atoms with Gasteiger partial charge in [-0.05, 0) is 47.7 Å². The summed E-state index contributed by atoms with van der Waals surface area (Å²) in [5, 5.41) is 3.79. The highest BCUT2D eigenvalue weighted by Gasteiger charge is 2.37. The molecule has 1 aromatic heterocycles. The number of H-pyrrole nitrogens is 1. The molecule has 0 bridgehead atoms. The molecule has 0 aliphatic carbocycles. The Kier molecular flexibility index (Phi) is 5.09. The Hall–Kier alpha value is -3.15. The monoisotopic (exact) mass is 393 g/mol. The van der Waals surface area contributed by atoms with E-state index in [1.165, 1.54) is 12.1 Å². The molecule has 1 aliphatic heterocycles. The van der Waals surface area contributed by atoms with Gasteiger partial charge in [-0.25, -0.2) is 4.39 Å². The third-order valence-corrected chi connectivity index (χ3v) is 5.51. The molecule has 0 fully saturated rings. The number of hydrogen-bond acceptors (Lipinski definition) is 2. The number of carbonyl (C=O) groups excluding carboxylic acids is 2. The molecule has 0 spiro atoms. The van der Waals surface area contributed by atoms with Crippen LogP contribution in [-0.4, -0.2) is 34.3 Å². The van der Waals surface area contributed by atoms with Crippen LogP contribution in [-0.2, 0) is 17.8 Å². The number of nitrogens with zero attached hydrogens (tertiary/aromatic N) is 1. The van der Waals surface area contributed by atoms with E-state index in [9.17, 15) is 14.0 Å². The van der Waals surface area contributed by atoms with E-state index in [-0.39, 0.29) is 23.5 Å². The maximum Gasteiger partial charge on any atom is 0.255 e. The molecular formula is C23H24FN3O2. The minimum Gasteiger partial charge on any atom is -0.361 e. The fraction of sp³-hybridized carbons (Fsp3) is 0.304. The van der Waals surface area contributed by atoms with E-state index in [1.807, 2.05) is 44.3 Å². The normalized spacial score (nSPS) is 14.5. The van der Waals surface area contributed by atoms with Crippen molar-refractivity contribution in [1.29, 1.82) is 0 Å². The van der Waals surface area contributed by atoms with E-state index >= 15 is 0 Å². The Morgan fingerprint density at radius 3 is 2.79 bits per heavy atom. The lowest BCUT2D eigenvalue weighted by molar-refractivity contribution is -0.127. The number of fused-ring (bicyclic) bond motifs is 2. The van der Waals surface area contributed by atoms with Gasteiger partial charge >= 0.3 is 0 Å². The molecular weight excluding hydrogens is 369 g/mol. The molecule has 1 atom stereocenters. The van der Waals surface area contributed by atoms with Gasteiger partial charge in [0.15, 0.2) is 0 Å². The summed E-state index contributed by atoms with van der Waals surface area (Å²) in [4.78, 5) is 30.5. The summed E-state index contributed by atoms with van der Waals surface area (Å²) < 4.78 is 13.5. The van der Waals surface area contributed by atoms with Crippen molar-refractivity contribution in [3.63, 3.8) is 0 Å². The molecule has 150 valence electrons. The predicted molar refractivity (Wildman–Crippen MR) is 110 cm³/mol. The van der Waals surface area contributed by atoms with Gasteiger partial charge in [0.1, 0.15) is 11.9 Å². The zero-order chi connectivity index (χ0) is 20.5. The number of rotatable bonds is 6. The molecule has 2 aromatic carbocycles. The number of aromatic nitrogens is 1. The van der Waals surface area contributed by atoms with E-state index < -0.39 is 6.04 Å².